The number of imidazole rings is 1. The summed E-state index contributed by atoms with van der Waals surface area (Å²) in [5.41, 5.74) is 6.75. The van der Waals surface area contributed by atoms with E-state index >= 15 is 0 Å². The van der Waals surface area contributed by atoms with Crippen LogP contribution in [0, 0.1) is 0 Å². The number of fused-ring (bicyclic) bond motifs is 1. The van der Waals surface area contributed by atoms with Gasteiger partial charge in [-0.2, -0.15) is 0 Å². The molecular weight excluding hydrogens is 232 g/mol. The van der Waals surface area contributed by atoms with E-state index in [2.05, 4.69) is 25.9 Å². The molecule has 2 N–H and O–H groups in total. The van der Waals surface area contributed by atoms with Crippen LogP contribution in [-0.4, -0.2) is 14.4 Å². The molecule has 13 heavy (non-hydrogen) atoms. The third-order valence-corrected chi connectivity index (χ3v) is 2.31. The molecule has 4 nitrogen and oxygen atoms in total. The van der Waals surface area contributed by atoms with E-state index in [0.717, 1.165) is 16.6 Å². The maximum absolute atomic E-state index is 5.86. The van der Waals surface area contributed by atoms with Crippen molar-refractivity contribution in [3.63, 3.8) is 0 Å². The summed E-state index contributed by atoms with van der Waals surface area (Å²) in [6.45, 7) is 2.02. The van der Waals surface area contributed by atoms with Crippen molar-refractivity contribution in [2.24, 2.45) is 0 Å². The maximum Gasteiger partial charge on any atom is 0.235 e. The highest BCUT2D eigenvalue weighted by molar-refractivity contribution is 9.10. The lowest BCUT2D eigenvalue weighted by Gasteiger charge is -1.95. The van der Waals surface area contributed by atoms with Crippen LogP contribution in [0.1, 0.15) is 12.6 Å². The second kappa shape index (κ2) is 2.99. The second-order valence-corrected chi connectivity index (χ2v) is 3.66. The van der Waals surface area contributed by atoms with Crippen LogP contribution >= 0.6 is 15.9 Å². The molecule has 0 spiro atoms. The number of halogens is 1. The molecule has 68 valence electrons. The smallest absolute Gasteiger partial charge is 0.235 e. The van der Waals surface area contributed by atoms with Gasteiger partial charge in [0.2, 0.25) is 5.78 Å². The number of aromatic nitrogens is 3. The molecule has 0 aliphatic heterocycles. The Morgan fingerprint density at radius 3 is 3.08 bits per heavy atom. The summed E-state index contributed by atoms with van der Waals surface area (Å²) in [5, 5.41) is 0. The zero-order valence-electron chi connectivity index (χ0n) is 7.16. The van der Waals surface area contributed by atoms with Gasteiger partial charge in [0.15, 0.2) is 0 Å². The molecular formula is C8H9BrN4. The van der Waals surface area contributed by atoms with Crippen LogP contribution in [-0.2, 0) is 6.42 Å². The Kier molecular flexibility index (Phi) is 1.95. The fourth-order valence-corrected chi connectivity index (χ4v) is 1.54. The van der Waals surface area contributed by atoms with Gasteiger partial charge in [-0.1, -0.05) is 6.92 Å². The summed E-state index contributed by atoms with van der Waals surface area (Å²) in [6, 6.07) is 0. The van der Waals surface area contributed by atoms with Crippen LogP contribution < -0.4 is 5.73 Å². The molecule has 0 unspecified atom stereocenters. The van der Waals surface area contributed by atoms with Gasteiger partial charge in [0.25, 0.3) is 0 Å². The molecule has 0 saturated heterocycles. The first-order valence-electron chi connectivity index (χ1n) is 4.00. The lowest BCUT2D eigenvalue weighted by atomic mass is 10.3. The molecule has 2 aromatic heterocycles. The van der Waals surface area contributed by atoms with Gasteiger partial charge in [0.05, 0.1) is 10.2 Å². The molecule has 0 amide bonds. The van der Waals surface area contributed by atoms with Gasteiger partial charge in [-0.15, -0.1) is 0 Å². The van der Waals surface area contributed by atoms with E-state index in [1.165, 1.54) is 0 Å². The summed E-state index contributed by atoms with van der Waals surface area (Å²) >= 11 is 3.33. The van der Waals surface area contributed by atoms with Gasteiger partial charge in [-0.25, -0.2) is 9.97 Å². The van der Waals surface area contributed by atoms with Crippen LogP contribution in [0.25, 0.3) is 5.78 Å². The van der Waals surface area contributed by atoms with E-state index < -0.39 is 0 Å². The molecule has 5 heteroatoms. The fourth-order valence-electron chi connectivity index (χ4n) is 1.23. The summed E-state index contributed by atoms with van der Waals surface area (Å²) < 4.78 is 2.68. The molecule has 0 bridgehead atoms. The van der Waals surface area contributed by atoms with Crippen molar-refractivity contribution in [3.8, 4) is 0 Å². The van der Waals surface area contributed by atoms with Crippen molar-refractivity contribution in [1.29, 1.82) is 0 Å². The monoisotopic (exact) mass is 240 g/mol. The normalized spacial score (nSPS) is 10.9. The first-order chi connectivity index (χ1) is 6.22. The van der Waals surface area contributed by atoms with E-state index in [4.69, 9.17) is 5.73 Å². The van der Waals surface area contributed by atoms with Crippen LogP contribution in [0.2, 0.25) is 0 Å². The summed E-state index contributed by atoms with van der Waals surface area (Å²) in [6.07, 6.45) is 4.40. The van der Waals surface area contributed by atoms with Crippen LogP contribution in [0.4, 0.5) is 5.82 Å². The average molecular weight is 241 g/mol. The predicted octanol–water partition coefficient (Wildman–Crippen LogP) is 1.64. The highest BCUT2D eigenvalue weighted by atomic mass is 79.9. The Balaban J connectivity index is 2.77. The quantitative estimate of drug-likeness (QED) is 0.825. The number of anilines is 1. The van der Waals surface area contributed by atoms with E-state index in [1.807, 2.05) is 13.1 Å². The lowest BCUT2D eigenvalue weighted by molar-refractivity contribution is 1.07. The number of hydrogen-bond donors (Lipinski definition) is 1. The third-order valence-electron chi connectivity index (χ3n) is 1.90. The Hall–Kier alpha value is -1.10. The molecule has 2 aromatic rings. The van der Waals surface area contributed by atoms with E-state index in [1.54, 1.807) is 10.6 Å². The highest BCUT2D eigenvalue weighted by Crippen LogP contribution is 2.16. The van der Waals surface area contributed by atoms with Crippen molar-refractivity contribution < 1.29 is 0 Å². The van der Waals surface area contributed by atoms with Crippen molar-refractivity contribution in [2.75, 3.05) is 5.73 Å². The molecule has 0 saturated carbocycles. The van der Waals surface area contributed by atoms with Gasteiger partial charge in [0.1, 0.15) is 5.82 Å². The summed E-state index contributed by atoms with van der Waals surface area (Å²) in [4.78, 5) is 8.41. The number of hydrogen-bond acceptors (Lipinski definition) is 3. The zero-order valence-corrected chi connectivity index (χ0v) is 8.74. The molecule has 0 radical (unpaired) electrons. The van der Waals surface area contributed by atoms with Gasteiger partial charge >= 0.3 is 0 Å². The largest absolute Gasteiger partial charge is 0.383 e. The minimum atomic E-state index is 0.651. The molecule has 2 heterocycles. The number of nitrogens with zero attached hydrogens (tertiary/aromatic N) is 3. The van der Waals surface area contributed by atoms with E-state index in [0.29, 0.717) is 11.6 Å². The fraction of sp³-hybridized carbons (Fsp3) is 0.250. The van der Waals surface area contributed by atoms with Crippen molar-refractivity contribution in [1.82, 2.24) is 14.4 Å². The van der Waals surface area contributed by atoms with Crippen molar-refractivity contribution in [3.05, 3.63) is 22.6 Å². The minimum absolute atomic E-state index is 0.651. The standard InChI is InChI=1S/C8H9BrN4/c1-2-6-7(10)13-4-5(9)3-11-8(13)12-6/h3-4H,2,10H2,1H3. The van der Waals surface area contributed by atoms with E-state index in [9.17, 15) is 0 Å². The molecule has 2 rings (SSSR count). The van der Waals surface area contributed by atoms with Crippen LogP contribution in [0.15, 0.2) is 16.9 Å². The third kappa shape index (κ3) is 1.29. The number of nitrogen functional groups attached to an aromatic ring is 1. The van der Waals surface area contributed by atoms with Gasteiger partial charge < -0.3 is 5.73 Å². The predicted molar refractivity (Wildman–Crippen MR) is 54.5 cm³/mol. The lowest BCUT2D eigenvalue weighted by Crippen LogP contribution is -1.95. The van der Waals surface area contributed by atoms with Gasteiger partial charge in [-0.05, 0) is 22.4 Å². The Bertz CT molecular complexity index is 449. The molecule has 0 aliphatic carbocycles. The Morgan fingerprint density at radius 1 is 1.62 bits per heavy atom. The van der Waals surface area contributed by atoms with Crippen molar-refractivity contribution >= 4 is 27.5 Å². The number of aryl methyl sites for hydroxylation is 1. The van der Waals surface area contributed by atoms with E-state index in [-0.39, 0.29) is 0 Å². The highest BCUT2D eigenvalue weighted by Gasteiger charge is 2.07. The number of nitrogens with two attached hydrogens (primary N) is 1. The first kappa shape index (κ1) is 8.50. The van der Waals surface area contributed by atoms with Gasteiger partial charge in [-0.3, -0.25) is 4.40 Å². The zero-order chi connectivity index (χ0) is 9.42. The average Bonchev–Trinajstić information content (AvgIpc) is 2.44. The molecule has 0 aromatic carbocycles. The van der Waals surface area contributed by atoms with Crippen LogP contribution in [0.5, 0.6) is 0 Å². The van der Waals surface area contributed by atoms with Crippen LogP contribution in [0.3, 0.4) is 0 Å². The molecule has 0 aliphatic rings. The van der Waals surface area contributed by atoms with Crippen molar-refractivity contribution in [2.45, 2.75) is 13.3 Å². The first-order valence-corrected chi connectivity index (χ1v) is 4.79. The molecule has 0 fully saturated rings. The maximum atomic E-state index is 5.86. The minimum Gasteiger partial charge on any atom is -0.383 e. The molecule has 0 atom stereocenters. The Morgan fingerprint density at radius 2 is 2.38 bits per heavy atom. The number of rotatable bonds is 1. The van der Waals surface area contributed by atoms with Gasteiger partial charge in [0, 0.05) is 12.4 Å². The summed E-state index contributed by atoms with van der Waals surface area (Å²) in [7, 11) is 0. The Labute approximate surface area is 83.9 Å². The SMILES string of the molecule is CCc1nc2ncc(Br)cn2c1N. The topological polar surface area (TPSA) is 56.2 Å². The summed E-state index contributed by atoms with van der Waals surface area (Å²) in [5.74, 6) is 1.32. The second-order valence-electron chi connectivity index (χ2n) is 2.74.